The fourth-order valence-electron chi connectivity index (χ4n) is 3.72. The number of rotatable bonds is 10. The van der Waals surface area contributed by atoms with Gasteiger partial charge in [-0.3, -0.25) is 4.99 Å². The fraction of sp³-hybridized carbons (Fsp3) is 0.231. The topological polar surface area (TPSA) is 93.1 Å². The molecule has 0 saturated heterocycles. The van der Waals surface area contributed by atoms with Gasteiger partial charge in [0.2, 0.25) is 0 Å². The molecule has 2 N–H and O–H groups in total. The van der Waals surface area contributed by atoms with Gasteiger partial charge in [-0.2, -0.15) is 0 Å². The highest BCUT2D eigenvalue weighted by Gasteiger charge is 2.31. The van der Waals surface area contributed by atoms with Crippen LogP contribution in [0.3, 0.4) is 0 Å². The van der Waals surface area contributed by atoms with E-state index < -0.39 is 12.3 Å². The zero-order chi connectivity index (χ0) is 26.3. The van der Waals surface area contributed by atoms with Crippen LogP contribution in [0.2, 0.25) is 0 Å². The average Bonchev–Trinajstić information content (AvgIpc) is 3.19. The SMILES string of the molecule is C=NC(c1cccc(OCC)c1)=c1[nH]c(C(=O)O)c(CCOc2ccc(OC(F)(F)F)cc2)c1=CC. The Hall–Kier alpha value is -4.21. The Labute approximate surface area is 205 Å². The Balaban J connectivity index is 1.92. The van der Waals surface area contributed by atoms with Crippen molar-refractivity contribution in [2.75, 3.05) is 13.2 Å². The summed E-state index contributed by atoms with van der Waals surface area (Å²) in [5.41, 5.74) is 1.64. The Morgan fingerprint density at radius 3 is 2.39 bits per heavy atom. The van der Waals surface area contributed by atoms with Gasteiger partial charge in [0.1, 0.15) is 22.9 Å². The lowest BCUT2D eigenvalue weighted by Crippen LogP contribution is -2.28. The number of aromatic carboxylic acids is 1. The number of aromatic amines is 1. The molecular weight excluding hydrogens is 477 g/mol. The third-order valence-corrected chi connectivity index (χ3v) is 5.14. The minimum Gasteiger partial charge on any atom is -0.494 e. The van der Waals surface area contributed by atoms with Gasteiger partial charge in [0.15, 0.2) is 0 Å². The van der Waals surface area contributed by atoms with Crippen molar-refractivity contribution in [3.63, 3.8) is 0 Å². The zero-order valence-electron chi connectivity index (χ0n) is 19.7. The lowest BCUT2D eigenvalue weighted by molar-refractivity contribution is -0.274. The van der Waals surface area contributed by atoms with E-state index in [1.165, 1.54) is 12.1 Å². The molecule has 0 fully saturated rings. The lowest BCUT2D eigenvalue weighted by atomic mass is 10.1. The molecule has 1 aromatic heterocycles. The van der Waals surface area contributed by atoms with Crippen LogP contribution in [0.25, 0.3) is 11.8 Å². The van der Waals surface area contributed by atoms with E-state index in [2.05, 4.69) is 21.4 Å². The molecule has 0 amide bonds. The first-order valence-corrected chi connectivity index (χ1v) is 11.0. The fourth-order valence-corrected chi connectivity index (χ4v) is 3.72. The smallest absolute Gasteiger partial charge is 0.494 e. The first kappa shape index (κ1) is 26.4. The number of alkyl halides is 3. The second kappa shape index (κ2) is 11.5. The molecule has 36 heavy (non-hydrogen) atoms. The normalized spacial score (nSPS) is 12.8. The summed E-state index contributed by atoms with van der Waals surface area (Å²) < 4.78 is 52.0. The number of H-pyrrole nitrogens is 1. The van der Waals surface area contributed by atoms with Gasteiger partial charge < -0.3 is 24.3 Å². The number of carboxylic acids is 1. The second-order valence-corrected chi connectivity index (χ2v) is 7.45. The molecule has 2 aromatic carbocycles. The number of nitrogens with zero attached hydrogens (tertiary/aromatic N) is 1. The van der Waals surface area contributed by atoms with E-state index in [-0.39, 0.29) is 24.5 Å². The number of hydrogen-bond donors (Lipinski definition) is 2. The van der Waals surface area contributed by atoms with Crippen molar-refractivity contribution >= 4 is 24.5 Å². The third-order valence-electron chi connectivity index (χ3n) is 5.14. The largest absolute Gasteiger partial charge is 0.573 e. The molecule has 3 rings (SSSR count). The van der Waals surface area contributed by atoms with Gasteiger partial charge in [-0.25, -0.2) is 4.79 Å². The van der Waals surface area contributed by atoms with Gasteiger partial charge in [0.05, 0.1) is 24.3 Å². The van der Waals surface area contributed by atoms with Crippen molar-refractivity contribution in [3.8, 4) is 17.2 Å². The van der Waals surface area contributed by atoms with Crippen LogP contribution in [-0.4, -0.2) is 42.4 Å². The second-order valence-electron chi connectivity index (χ2n) is 7.45. The number of carboxylic acid groups (broad SMARTS) is 1. The van der Waals surface area contributed by atoms with Crippen LogP contribution in [0.4, 0.5) is 13.2 Å². The molecule has 0 aliphatic rings. The molecule has 10 heteroatoms. The van der Waals surface area contributed by atoms with Crippen molar-refractivity contribution < 1.29 is 37.3 Å². The van der Waals surface area contributed by atoms with Crippen molar-refractivity contribution in [1.82, 2.24) is 4.98 Å². The van der Waals surface area contributed by atoms with Crippen LogP contribution in [0, 0.1) is 0 Å². The molecule has 0 spiro atoms. The maximum absolute atomic E-state index is 12.3. The van der Waals surface area contributed by atoms with Crippen molar-refractivity contribution in [1.29, 1.82) is 0 Å². The van der Waals surface area contributed by atoms with Crippen LogP contribution in [0.5, 0.6) is 17.2 Å². The van der Waals surface area contributed by atoms with Crippen molar-refractivity contribution in [2.24, 2.45) is 4.99 Å². The van der Waals surface area contributed by atoms with E-state index in [0.29, 0.717) is 45.5 Å². The quantitative estimate of drug-likeness (QED) is 0.404. The molecule has 0 aliphatic carbocycles. The summed E-state index contributed by atoms with van der Waals surface area (Å²) in [5.74, 6) is -0.565. The number of aliphatic imine (C=N–C) groups is 1. The molecule has 1 heterocycles. The highest BCUT2D eigenvalue weighted by atomic mass is 19.4. The van der Waals surface area contributed by atoms with Gasteiger partial charge in [0, 0.05) is 17.2 Å². The summed E-state index contributed by atoms with van der Waals surface area (Å²) in [6.45, 7) is 7.88. The number of aromatic nitrogens is 1. The number of halogens is 3. The summed E-state index contributed by atoms with van der Waals surface area (Å²) in [4.78, 5) is 19.1. The minimum absolute atomic E-state index is 0.0160. The maximum atomic E-state index is 12.3. The van der Waals surface area contributed by atoms with E-state index in [4.69, 9.17) is 9.47 Å². The number of benzene rings is 2. The van der Waals surface area contributed by atoms with Crippen LogP contribution in [0.1, 0.15) is 35.5 Å². The van der Waals surface area contributed by atoms with Gasteiger partial charge in [-0.1, -0.05) is 18.2 Å². The molecular formula is C26H25F3N2O5. The Bertz CT molecular complexity index is 1350. The monoisotopic (exact) mass is 502 g/mol. The molecule has 0 aliphatic heterocycles. The van der Waals surface area contributed by atoms with E-state index in [1.807, 2.05) is 25.1 Å². The number of carbonyl (C=O) groups is 1. The molecule has 190 valence electrons. The number of ether oxygens (including phenoxy) is 3. The number of nitrogens with one attached hydrogen (secondary N) is 1. The van der Waals surface area contributed by atoms with E-state index >= 15 is 0 Å². The van der Waals surface area contributed by atoms with Crippen LogP contribution >= 0.6 is 0 Å². The Morgan fingerprint density at radius 2 is 1.81 bits per heavy atom. The van der Waals surface area contributed by atoms with Crippen molar-refractivity contribution in [2.45, 2.75) is 26.6 Å². The summed E-state index contributed by atoms with van der Waals surface area (Å²) in [6, 6.07) is 12.2. The summed E-state index contributed by atoms with van der Waals surface area (Å²) in [7, 11) is 0. The summed E-state index contributed by atoms with van der Waals surface area (Å²) in [5, 5.41) is 10.9. The summed E-state index contributed by atoms with van der Waals surface area (Å²) >= 11 is 0. The molecule has 0 unspecified atom stereocenters. The number of hydrogen-bond acceptors (Lipinski definition) is 5. The molecule has 0 radical (unpaired) electrons. The van der Waals surface area contributed by atoms with Gasteiger partial charge in [-0.05, 0) is 62.5 Å². The lowest BCUT2D eigenvalue weighted by Gasteiger charge is -2.10. The van der Waals surface area contributed by atoms with Crippen molar-refractivity contribution in [3.05, 3.63) is 75.9 Å². The van der Waals surface area contributed by atoms with Gasteiger partial charge in [-0.15, -0.1) is 13.2 Å². The van der Waals surface area contributed by atoms with Crippen LogP contribution in [-0.2, 0) is 6.42 Å². The zero-order valence-corrected chi connectivity index (χ0v) is 19.7. The molecule has 7 nitrogen and oxygen atoms in total. The van der Waals surface area contributed by atoms with Crippen LogP contribution < -0.4 is 24.8 Å². The molecule has 0 saturated carbocycles. The van der Waals surface area contributed by atoms with Gasteiger partial charge in [0.25, 0.3) is 0 Å². The standard InChI is InChI=1S/C26H25F3N2O5/c1-4-20-21(13-14-35-17-9-11-18(12-10-17)36-26(27,28)29)24(25(32)33)31-23(20)22(30-3)16-7-6-8-19(15-16)34-5-2/h4,6-12,15,31H,3,5,13-14H2,1-2H3,(H,32,33). The molecule has 0 atom stereocenters. The Kier molecular flexibility index (Phi) is 8.42. The molecule has 3 aromatic rings. The van der Waals surface area contributed by atoms with Crippen LogP contribution in [0.15, 0.2) is 53.5 Å². The molecule has 0 bridgehead atoms. The van der Waals surface area contributed by atoms with E-state index in [0.717, 1.165) is 12.1 Å². The Morgan fingerprint density at radius 1 is 1.11 bits per heavy atom. The highest BCUT2D eigenvalue weighted by molar-refractivity contribution is 5.88. The summed E-state index contributed by atoms with van der Waals surface area (Å²) in [6.07, 6.45) is -2.80. The predicted octanol–water partition coefficient (Wildman–Crippen LogP) is 4.29. The van der Waals surface area contributed by atoms with E-state index in [1.54, 1.807) is 19.1 Å². The third kappa shape index (κ3) is 6.47. The maximum Gasteiger partial charge on any atom is 0.573 e. The van der Waals surface area contributed by atoms with E-state index in [9.17, 15) is 23.1 Å². The van der Waals surface area contributed by atoms with Gasteiger partial charge >= 0.3 is 12.3 Å². The first-order valence-electron chi connectivity index (χ1n) is 11.0. The minimum atomic E-state index is -4.78. The predicted molar refractivity (Wildman–Crippen MR) is 129 cm³/mol. The first-order chi connectivity index (χ1) is 17.2. The average molecular weight is 502 g/mol. The highest BCUT2D eigenvalue weighted by Crippen LogP contribution is 2.25.